The molecule has 3 heteroatoms. The molecule has 1 aromatic rings. The number of hydrogen-bond acceptors (Lipinski definition) is 3. The predicted molar refractivity (Wildman–Crippen MR) is 64.0 cm³/mol. The maximum absolute atomic E-state index is 10.3. The normalized spacial score (nSPS) is 10.9. The van der Waals surface area contributed by atoms with Crippen molar-refractivity contribution in [1.82, 2.24) is 0 Å². The topological polar surface area (TPSA) is 29.4 Å². The van der Waals surface area contributed by atoms with E-state index in [1.54, 1.807) is 17.8 Å². The van der Waals surface area contributed by atoms with Crippen molar-refractivity contribution in [3.05, 3.63) is 29.8 Å². The summed E-state index contributed by atoms with van der Waals surface area (Å²) < 4.78 is 0. The van der Waals surface area contributed by atoms with Crippen LogP contribution in [0.15, 0.2) is 34.2 Å². The number of isocyanates is 1. The first-order chi connectivity index (χ1) is 7.10. The zero-order chi connectivity index (χ0) is 11.3. The first-order valence-electron chi connectivity index (χ1n) is 4.92. The third-order valence-electron chi connectivity index (χ3n) is 2.20. The van der Waals surface area contributed by atoms with Crippen molar-refractivity contribution in [3.8, 4) is 0 Å². The molecule has 2 nitrogen and oxygen atoms in total. The van der Waals surface area contributed by atoms with Gasteiger partial charge < -0.3 is 0 Å². The molecule has 0 heterocycles. The van der Waals surface area contributed by atoms with Gasteiger partial charge in [0.1, 0.15) is 0 Å². The zero-order valence-corrected chi connectivity index (χ0v) is 10.1. The zero-order valence-electron chi connectivity index (χ0n) is 9.28. The highest BCUT2D eigenvalue weighted by molar-refractivity contribution is 7.99. The Morgan fingerprint density at radius 3 is 2.40 bits per heavy atom. The van der Waals surface area contributed by atoms with Crippen LogP contribution in [0.1, 0.15) is 26.3 Å². The lowest BCUT2D eigenvalue weighted by Gasteiger charge is -2.17. The van der Waals surface area contributed by atoms with E-state index in [9.17, 15) is 4.79 Å². The van der Waals surface area contributed by atoms with Crippen molar-refractivity contribution in [3.63, 3.8) is 0 Å². The van der Waals surface area contributed by atoms with E-state index in [0.29, 0.717) is 0 Å². The number of nitrogens with zero attached hydrogens (tertiary/aromatic N) is 1. The number of hydrogen-bond donors (Lipinski definition) is 0. The highest BCUT2D eigenvalue weighted by Gasteiger charge is 2.18. The lowest BCUT2D eigenvalue weighted by atomic mass is 9.95. The molecule has 0 amide bonds. The van der Waals surface area contributed by atoms with Crippen LogP contribution in [0.4, 0.5) is 0 Å². The van der Waals surface area contributed by atoms with Crippen molar-refractivity contribution < 1.29 is 4.79 Å². The lowest BCUT2D eigenvalue weighted by molar-refractivity contribution is 0.522. The van der Waals surface area contributed by atoms with Gasteiger partial charge in [-0.3, -0.25) is 0 Å². The Balaban J connectivity index is 2.92. The monoisotopic (exact) mass is 221 g/mol. The molecule has 0 aliphatic rings. The molecule has 15 heavy (non-hydrogen) atoms. The van der Waals surface area contributed by atoms with E-state index in [4.69, 9.17) is 0 Å². The van der Waals surface area contributed by atoms with Crippen molar-refractivity contribution in [2.75, 3.05) is 5.75 Å². The van der Waals surface area contributed by atoms with Crippen LogP contribution in [0.25, 0.3) is 0 Å². The van der Waals surface area contributed by atoms with Crippen LogP contribution < -0.4 is 0 Å². The van der Waals surface area contributed by atoms with Crippen LogP contribution >= 0.6 is 11.8 Å². The second-order valence-corrected chi connectivity index (χ2v) is 5.06. The summed E-state index contributed by atoms with van der Waals surface area (Å²) in [5.41, 5.74) is 0.559. The Kier molecular flexibility index (Phi) is 4.13. The molecule has 0 N–H and O–H groups in total. The van der Waals surface area contributed by atoms with Crippen molar-refractivity contribution in [2.24, 2.45) is 4.99 Å². The SMILES string of the molecule is CCSc1ccc(C(C)(C)N=C=O)cc1. The summed E-state index contributed by atoms with van der Waals surface area (Å²) in [7, 11) is 0. The molecule has 0 spiro atoms. The van der Waals surface area contributed by atoms with E-state index in [2.05, 4.69) is 24.0 Å². The number of aliphatic imine (C=N–C) groups is 1. The van der Waals surface area contributed by atoms with Gasteiger partial charge in [0.25, 0.3) is 0 Å². The minimum absolute atomic E-state index is 0.475. The molecule has 1 rings (SSSR count). The highest BCUT2D eigenvalue weighted by atomic mass is 32.2. The maximum Gasteiger partial charge on any atom is 0.235 e. The van der Waals surface area contributed by atoms with E-state index >= 15 is 0 Å². The van der Waals surface area contributed by atoms with Gasteiger partial charge in [0.2, 0.25) is 6.08 Å². The second kappa shape index (κ2) is 5.15. The van der Waals surface area contributed by atoms with E-state index in [1.807, 2.05) is 26.0 Å². The van der Waals surface area contributed by atoms with Gasteiger partial charge in [0, 0.05) is 4.90 Å². The first-order valence-corrected chi connectivity index (χ1v) is 5.91. The molecule has 0 atom stereocenters. The Morgan fingerprint density at radius 1 is 1.33 bits per heavy atom. The van der Waals surface area contributed by atoms with Crippen LogP contribution in [0.5, 0.6) is 0 Å². The van der Waals surface area contributed by atoms with Crippen molar-refractivity contribution >= 4 is 17.8 Å². The summed E-state index contributed by atoms with van der Waals surface area (Å²) in [6, 6.07) is 8.15. The van der Waals surface area contributed by atoms with Gasteiger partial charge in [0.05, 0.1) is 5.54 Å². The van der Waals surface area contributed by atoms with Gasteiger partial charge in [-0.1, -0.05) is 19.1 Å². The highest BCUT2D eigenvalue weighted by Crippen LogP contribution is 2.26. The quantitative estimate of drug-likeness (QED) is 0.443. The summed E-state index contributed by atoms with van der Waals surface area (Å²) in [4.78, 5) is 15.3. The molecule has 0 aliphatic carbocycles. The maximum atomic E-state index is 10.3. The summed E-state index contributed by atoms with van der Waals surface area (Å²) >= 11 is 1.80. The summed E-state index contributed by atoms with van der Waals surface area (Å²) in [6.07, 6.45) is 1.62. The Bertz CT molecular complexity index is 364. The molecular weight excluding hydrogens is 206 g/mol. The first kappa shape index (κ1) is 12.0. The molecule has 0 bridgehead atoms. The van der Waals surface area contributed by atoms with E-state index in [-0.39, 0.29) is 0 Å². The summed E-state index contributed by atoms with van der Waals surface area (Å²) in [5.74, 6) is 1.06. The molecule has 1 aromatic carbocycles. The fraction of sp³-hybridized carbons (Fsp3) is 0.417. The lowest BCUT2D eigenvalue weighted by Crippen LogP contribution is -2.12. The minimum Gasteiger partial charge on any atom is -0.211 e. The largest absolute Gasteiger partial charge is 0.235 e. The number of thioether (sulfide) groups is 1. The molecule has 0 aliphatic heterocycles. The number of benzene rings is 1. The molecule has 80 valence electrons. The van der Waals surface area contributed by atoms with Crippen molar-refractivity contribution in [1.29, 1.82) is 0 Å². The summed E-state index contributed by atoms with van der Waals surface area (Å²) in [5, 5.41) is 0. The molecule has 0 saturated heterocycles. The van der Waals surface area contributed by atoms with Gasteiger partial charge in [-0.15, -0.1) is 11.8 Å². The van der Waals surface area contributed by atoms with Crippen LogP contribution in [-0.2, 0) is 10.3 Å². The predicted octanol–water partition coefficient (Wildman–Crippen LogP) is 3.37. The molecular formula is C12H15NOS. The number of rotatable bonds is 4. The fourth-order valence-electron chi connectivity index (χ4n) is 1.30. The third kappa shape index (κ3) is 3.22. The molecule has 0 aromatic heterocycles. The average molecular weight is 221 g/mol. The minimum atomic E-state index is -0.475. The van der Waals surface area contributed by atoms with Gasteiger partial charge in [-0.2, -0.15) is 4.99 Å². The average Bonchev–Trinajstić information content (AvgIpc) is 2.19. The smallest absolute Gasteiger partial charge is 0.211 e. The summed E-state index contributed by atoms with van der Waals surface area (Å²) in [6.45, 7) is 5.93. The van der Waals surface area contributed by atoms with Gasteiger partial charge in [-0.25, -0.2) is 4.79 Å². The molecule has 0 fully saturated rings. The van der Waals surface area contributed by atoms with Gasteiger partial charge in [0.15, 0.2) is 0 Å². The van der Waals surface area contributed by atoms with Crippen LogP contribution in [0, 0.1) is 0 Å². The standard InChI is InChI=1S/C12H15NOS/c1-4-15-11-7-5-10(6-8-11)12(2,3)13-9-14/h5-8H,4H2,1-3H3. The Labute approximate surface area is 94.8 Å². The van der Waals surface area contributed by atoms with Crippen molar-refractivity contribution in [2.45, 2.75) is 31.2 Å². The molecule has 0 radical (unpaired) electrons. The molecule has 0 saturated carbocycles. The van der Waals surface area contributed by atoms with Crippen LogP contribution in [0.2, 0.25) is 0 Å². The van der Waals surface area contributed by atoms with E-state index in [1.165, 1.54) is 4.90 Å². The van der Waals surface area contributed by atoms with E-state index < -0.39 is 5.54 Å². The van der Waals surface area contributed by atoms with Gasteiger partial charge in [-0.05, 0) is 37.3 Å². The second-order valence-electron chi connectivity index (χ2n) is 3.72. The third-order valence-corrected chi connectivity index (χ3v) is 3.09. The molecule has 0 unspecified atom stereocenters. The van der Waals surface area contributed by atoms with Crippen LogP contribution in [-0.4, -0.2) is 11.8 Å². The number of carbonyl (C=O) groups excluding carboxylic acids is 1. The Hall–Kier alpha value is -1.05. The van der Waals surface area contributed by atoms with Gasteiger partial charge >= 0.3 is 0 Å². The van der Waals surface area contributed by atoms with E-state index in [0.717, 1.165) is 11.3 Å². The Morgan fingerprint density at radius 2 is 1.93 bits per heavy atom. The van der Waals surface area contributed by atoms with Crippen LogP contribution in [0.3, 0.4) is 0 Å². The fourth-order valence-corrected chi connectivity index (χ4v) is 1.97.